The van der Waals surface area contributed by atoms with Crippen molar-refractivity contribution in [2.75, 3.05) is 16.8 Å². The number of para-hydroxylation sites is 1. The molecule has 0 spiro atoms. The van der Waals surface area contributed by atoms with Crippen molar-refractivity contribution in [3.8, 4) is 5.75 Å². The van der Waals surface area contributed by atoms with Crippen molar-refractivity contribution in [3.63, 3.8) is 0 Å². The van der Waals surface area contributed by atoms with Gasteiger partial charge in [-0.15, -0.1) is 0 Å². The summed E-state index contributed by atoms with van der Waals surface area (Å²) in [5.41, 5.74) is 1.30. The third-order valence-corrected chi connectivity index (χ3v) is 5.48. The number of nitrogens with zero attached hydrogens (tertiary/aromatic N) is 2. The third kappa shape index (κ3) is 4.65. The summed E-state index contributed by atoms with van der Waals surface area (Å²) < 4.78 is 10.9. The maximum atomic E-state index is 13.3. The average molecular weight is 450 g/mol. The summed E-state index contributed by atoms with van der Waals surface area (Å²) in [5, 5.41) is 3.19. The number of carbonyl (C=O) groups excluding carboxylic acids is 2. The van der Waals surface area contributed by atoms with Gasteiger partial charge >= 0.3 is 0 Å². The molecule has 8 heteroatoms. The Morgan fingerprint density at radius 2 is 1.84 bits per heavy atom. The molecular formula is C24H23N3O4S. The molecule has 1 saturated heterocycles. The molecule has 2 heterocycles. The summed E-state index contributed by atoms with van der Waals surface area (Å²) in [4.78, 5) is 29.4. The number of ether oxygens (including phenoxy) is 1. The lowest BCUT2D eigenvalue weighted by atomic mass is 10.1. The van der Waals surface area contributed by atoms with Crippen LogP contribution in [0.1, 0.15) is 19.1 Å². The number of anilines is 2. The zero-order valence-corrected chi connectivity index (χ0v) is 18.4. The van der Waals surface area contributed by atoms with Gasteiger partial charge < -0.3 is 19.4 Å². The predicted molar refractivity (Wildman–Crippen MR) is 125 cm³/mol. The lowest BCUT2D eigenvalue weighted by Crippen LogP contribution is -2.37. The van der Waals surface area contributed by atoms with Crippen molar-refractivity contribution in [1.29, 1.82) is 0 Å². The van der Waals surface area contributed by atoms with Crippen molar-refractivity contribution < 1.29 is 18.7 Å². The second-order valence-electron chi connectivity index (χ2n) is 7.22. The van der Waals surface area contributed by atoms with Gasteiger partial charge in [0.2, 0.25) is 5.91 Å². The minimum atomic E-state index is -0.740. The number of furan rings is 1. The van der Waals surface area contributed by atoms with Crippen molar-refractivity contribution in [1.82, 2.24) is 4.90 Å². The van der Waals surface area contributed by atoms with Gasteiger partial charge in [-0.3, -0.25) is 14.5 Å². The average Bonchev–Trinajstić information content (AvgIpc) is 3.38. The number of amides is 2. The molecule has 7 nitrogen and oxygen atoms in total. The van der Waals surface area contributed by atoms with Crippen molar-refractivity contribution in [3.05, 3.63) is 78.8 Å². The third-order valence-electron chi connectivity index (χ3n) is 5.07. The van der Waals surface area contributed by atoms with Crippen molar-refractivity contribution in [2.45, 2.75) is 25.9 Å². The molecule has 164 valence electrons. The van der Waals surface area contributed by atoms with Crippen LogP contribution in [0.25, 0.3) is 0 Å². The van der Waals surface area contributed by atoms with Gasteiger partial charge in [-0.1, -0.05) is 18.2 Å². The van der Waals surface area contributed by atoms with Gasteiger partial charge in [0, 0.05) is 5.69 Å². The largest absolute Gasteiger partial charge is 0.494 e. The molecule has 1 aromatic heterocycles. The zero-order chi connectivity index (χ0) is 22.5. The Morgan fingerprint density at radius 3 is 2.50 bits per heavy atom. The fourth-order valence-corrected chi connectivity index (χ4v) is 3.97. The number of nitrogens with one attached hydrogen (secondary N) is 1. The van der Waals surface area contributed by atoms with Crippen LogP contribution in [-0.4, -0.2) is 34.5 Å². The minimum Gasteiger partial charge on any atom is -0.494 e. The number of carbonyl (C=O) groups is 2. The van der Waals surface area contributed by atoms with Crippen LogP contribution < -0.4 is 15.0 Å². The van der Waals surface area contributed by atoms with E-state index in [-0.39, 0.29) is 18.2 Å². The van der Waals surface area contributed by atoms with Crippen molar-refractivity contribution >= 4 is 40.5 Å². The Morgan fingerprint density at radius 1 is 1.09 bits per heavy atom. The molecule has 0 aliphatic carbocycles. The monoisotopic (exact) mass is 449 g/mol. The second-order valence-corrected chi connectivity index (χ2v) is 7.59. The molecule has 32 heavy (non-hydrogen) atoms. The molecule has 2 amide bonds. The first-order valence-electron chi connectivity index (χ1n) is 10.3. The Labute approximate surface area is 191 Å². The number of hydrogen-bond donors (Lipinski definition) is 1. The smallest absolute Gasteiger partial charge is 0.256 e. The summed E-state index contributed by atoms with van der Waals surface area (Å²) >= 11 is 5.64. The van der Waals surface area contributed by atoms with E-state index in [0.29, 0.717) is 35.4 Å². The first kappa shape index (κ1) is 21.6. The number of rotatable bonds is 8. The first-order chi connectivity index (χ1) is 15.6. The summed E-state index contributed by atoms with van der Waals surface area (Å²) in [7, 11) is 0. The van der Waals surface area contributed by atoms with Crippen LogP contribution in [0.2, 0.25) is 0 Å². The Balaban J connectivity index is 1.52. The van der Waals surface area contributed by atoms with E-state index in [1.165, 1.54) is 4.90 Å². The number of thiocarbonyl (C=S) groups is 1. The first-order valence-corrected chi connectivity index (χ1v) is 10.7. The Bertz CT molecular complexity index is 1080. The summed E-state index contributed by atoms with van der Waals surface area (Å²) in [6, 6.07) is 19.1. The Hall–Kier alpha value is -3.65. The van der Waals surface area contributed by atoms with Crippen LogP contribution in [0, 0.1) is 0 Å². The molecule has 1 aliphatic rings. The highest BCUT2D eigenvalue weighted by molar-refractivity contribution is 7.80. The minimum absolute atomic E-state index is 0.0454. The van der Waals surface area contributed by atoms with Crippen LogP contribution in [0.5, 0.6) is 5.75 Å². The van der Waals surface area contributed by atoms with E-state index in [1.807, 2.05) is 43.3 Å². The molecule has 1 fully saturated rings. The van der Waals surface area contributed by atoms with E-state index in [2.05, 4.69) is 5.32 Å². The van der Waals surface area contributed by atoms with E-state index < -0.39 is 6.04 Å². The molecule has 0 radical (unpaired) electrons. The topological polar surface area (TPSA) is 75.0 Å². The lowest BCUT2D eigenvalue weighted by Gasteiger charge is -2.22. The molecule has 3 aromatic rings. The standard InChI is InChI=1S/C24H23N3O4S/c1-2-30-19-12-10-17(11-13-19)25-22(28)15-21-23(29)27(18-7-4-3-5-8-18)24(32)26(21)16-20-9-6-14-31-20/h3-14,21H,2,15-16H2,1H3,(H,25,28)/t21-/m1/s1. The Kier molecular flexibility index (Phi) is 6.51. The molecule has 4 rings (SSSR count). The highest BCUT2D eigenvalue weighted by atomic mass is 32.1. The molecule has 1 atom stereocenters. The molecular weight excluding hydrogens is 426 g/mol. The SMILES string of the molecule is CCOc1ccc(NC(=O)C[C@@H]2C(=O)N(c3ccccc3)C(=S)N2Cc2ccco2)cc1. The van der Waals surface area contributed by atoms with Gasteiger partial charge in [-0.25, -0.2) is 0 Å². The fraction of sp³-hybridized carbons (Fsp3) is 0.208. The van der Waals surface area contributed by atoms with Crippen LogP contribution in [0.3, 0.4) is 0 Å². The maximum Gasteiger partial charge on any atom is 0.256 e. The number of hydrogen-bond acceptors (Lipinski definition) is 5. The molecule has 0 saturated carbocycles. The molecule has 0 bridgehead atoms. The predicted octanol–water partition coefficient (Wildman–Crippen LogP) is 4.21. The van der Waals surface area contributed by atoms with Gasteiger partial charge in [0.05, 0.1) is 31.5 Å². The van der Waals surface area contributed by atoms with Crippen LogP contribution in [0.4, 0.5) is 11.4 Å². The van der Waals surface area contributed by atoms with Gasteiger partial charge in [0.1, 0.15) is 17.6 Å². The van der Waals surface area contributed by atoms with E-state index in [0.717, 1.165) is 5.75 Å². The summed E-state index contributed by atoms with van der Waals surface area (Å²) in [6.45, 7) is 2.77. The van der Waals surface area contributed by atoms with Gasteiger partial charge in [-0.2, -0.15) is 0 Å². The maximum absolute atomic E-state index is 13.3. The van der Waals surface area contributed by atoms with Crippen LogP contribution >= 0.6 is 12.2 Å². The van der Waals surface area contributed by atoms with Crippen molar-refractivity contribution in [2.24, 2.45) is 0 Å². The highest BCUT2D eigenvalue weighted by Crippen LogP contribution is 2.29. The molecule has 2 aromatic carbocycles. The molecule has 1 aliphatic heterocycles. The molecule has 1 N–H and O–H groups in total. The fourth-order valence-electron chi connectivity index (χ4n) is 3.59. The van der Waals surface area contributed by atoms with Gasteiger partial charge in [-0.05, 0) is 67.7 Å². The van der Waals surface area contributed by atoms with Crippen LogP contribution in [-0.2, 0) is 16.1 Å². The summed E-state index contributed by atoms with van der Waals surface area (Å²) in [6.07, 6.45) is 1.52. The van der Waals surface area contributed by atoms with E-state index >= 15 is 0 Å². The second kappa shape index (κ2) is 9.65. The zero-order valence-electron chi connectivity index (χ0n) is 17.6. The number of benzene rings is 2. The quantitative estimate of drug-likeness (QED) is 0.520. The van der Waals surface area contributed by atoms with E-state index in [9.17, 15) is 9.59 Å². The van der Waals surface area contributed by atoms with Crippen LogP contribution in [0.15, 0.2) is 77.4 Å². The normalized spacial score (nSPS) is 15.8. The summed E-state index contributed by atoms with van der Waals surface area (Å²) in [5.74, 6) is 0.862. The molecule has 0 unspecified atom stereocenters. The van der Waals surface area contributed by atoms with Gasteiger partial charge in [0.15, 0.2) is 5.11 Å². The van der Waals surface area contributed by atoms with E-state index in [1.54, 1.807) is 41.5 Å². The highest BCUT2D eigenvalue weighted by Gasteiger charge is 2.44. The van der Waals surface area contributed by atoms with E-state index in [4.69, 9.17) is 21.4 Å². The van der Waals surface area contributed by atoms with Gasteiger partial charge in [0.25, 0.3) is 5.91 Å². The lowest BCUT2D eigenvalue weighted by molar-refractivity contribution is -0.124.